The Morgan fingerprint density at radius 1 is 1.07 bits per heavy atom. The molecular formula is C33H48N4O6S. The smallest absolute Gasteiger partial charge is 0.421 e. The number of amides is 1. The number of hydrogen-bond acceptors (Lipinski definition) is 8. The fourth-order valence-corrected chi connectivity index (χ4v) is 11.5. The van der Waals surface area contributed by atoms with Crippen LogP contribution in [0.25, 0.3) is 5.69 Å². The zero-order chi connectivity index (χ0) is 31.4. The fraction of sp³-hybridized carbons (Fsp3) is 0.727. The number of aliphatic hydroxyl groups excluding tert-OH is 2. The average Bonchev–Trinajstić information content (AvgIpc) is 3.65. The number of hydrogen-bond donors (Lipinski definition) is 3. The van der Waals surface area contributed by atoms with Crippen LogP contribution in [0.2, 0.25) is 0 Å². The third-order valence-electron chi connectivity index (χ3n) is 12.7. The molecule has 11 atom stereocenters. The Hall–Kier alpha value is -2.50. The van der Waals surface area contributed by atoms with Crippen LogP contribution < -0.4 is 4.72 Å². The van der Waals surface area contributed by atoms with Crippen molar-refractivity contribution in [1.29, 1.82) is 0 Å². The number of ether oxygens (including phenoxy) is 1. The summed E-state index contributed by atoms with van der Waals surface area (Å²) in [5.74, 6) is 2.05. The van der Waals surface area contributed by atoms with Crippen molar-refractivity contribution in [2.24, 2.45) is 52.3 Å². The summed E-state index contributed by atoms with van der Waals surface area (Å²) in [7, 11) is -4.10. The van der Waals surface area contributed by atoms with Crippen molar-refractivity contribution < 1.29 is 28.2 Å². The Morgan fingerprint density at radius 2 is 1.77 bits per heavy atom. The fourth-order valence-electron chi connectivity index (χ4n) is 10.6. The lowest BCUT2D eigenvalue weighted by Gasteiger charge is -2.64. The molecule has 4 saturated carbocycles. The zero-order valence-corrected chi connectivity index (χ0v) is 27.1. The van der Waals surface area contributed by atoms with E-state index in [1.807, 2.05) is 0 Å². The lowest BCUT2D eigenvalue weighted by Crippen LogP contribution is -2.62. The van der Waals surface area contributed by atoms with Gasteiger partial charge in [-0.15, -0.1) is 0 Å². The number of sulfonamides is 1. The summed E-state index contributed by atoms with van der Waals surface area (Å²) in [6, 6.07) is 6.00. The number of rotatable bonds is 7. The SMILES string of the molecule is CC[C@H]1[C@@H](O)[C@@H]2[C@H](CC[C@]3(C)[C@@H]([C@H](C)COC(=O)NS(=O)(=O)c4ccc(-n5cncn5)cc4)CC[C@@H]23)[C@@]2(C)CC[C@@H](O)C[C@@H]12. The van der Waals surface area contributed by atoms with Gasteiger partial charge in [0, 0.05) is 0 Å². The maximum Gasteiger partial charge on any atom is 0.421 e. The summed E-state index contributed by atoms with van der Waals surface area (Å²) in [5.41, 5.74) is 0.820. The Morgan fingerprint density at radius 3 is 2.45 bits per heavy atom. The average molecular weight is 629 g/mol. The van der Waals surface area contributed by atoms with Crippen LogP contribution in [0.5, 0.6) is 0 Å². The van der Waals surface area contributed by atoms with E-state index < -0.39 is 16.1 Å². The number of benzene rings is 1. The molecule has 242 valence electrons. The van der Waals surface area contributed by atoms with Crippen molar-refractivity contribution in [2.75, 3.05) is 6.61 Å². The van der Waals surface area contributed by atoms with Gasteiger partial charge < -0.3 is 14.9 Å². The van der Waals surface area contributed by atoms with Crippen molar-refractivity contribution in [3.63, 3.8) is 0 Å². The Bertz CT molecular complexity index is 1430. The third kappa shape index (κ3) is 5.26. The molecule has 1 heterocycles. The van der Waals surface area contributed by atoms with E-state index in [1.165, 1.54) is 29.5 Å². The van der Waals surface area contributed by atoms with Crippen LogP contribution in [0.15, 0.2) is 41.8 Å². The van der Waals surface area contributed by atoms with Crippen LogP contribution in [0, 0.1) is 52.3 Å². The van der Waals surface area contributed by atoms with Crippen molar-refractivity contribution in [3.8, 4) is 5.69 Å². The number of nitrogens with zero attached hydrogens (tertiary/aromatic N) is 3. The molecular weight excluding hydrogens is 580 g/mol. The van der Waals surface area contributed by atoms with E-state index in [9.17, 15) is 23.4 Å². The lowest BCUT2D eigenvalue weighted by molar-refractivity contribution is -0.203. The lowest BCUT2D eigenvalue weighted by atomic mass is 9.41. The molecule has 0 saturated heterocycles. The van der Waals surface area contributed by atoms with Crippen molar-refractivity contribution >= 4 is 16.1 Å². The second-order valence-corrected chi connectivity index (χ2v) is 16.3. The van der Waals surface area contributed by atoms with E-state index in [0.29, 0.717) is 29.4 Å². The maximum atomic E-state index is 12.9. The minimum atomic E-state index is -4.10. The summed E-state index contributed by atoms with van der Waals surface area (Å²) >= 11 is 0. The molecule has 6 rings (SSSR count). The van der Waals surface area contributed by atoms with Gasteiger partial charge in [-0.2, -0.15) is 5.10 Å². The van der Waals surface area contributed by atoms with Gasteiger partial charge in [-0.1, -0.05) is 34.1 Å². The molecule has 0 spiro atoms. The van der Waals surface area contributed by atoms with E-state index in [-0.39, 0.29) is 52.3 Å². The molecule has 10 nitrogen and oxygen atoms in total. The third-order valence-corrected chi connectivity index (χ3v) is 14.0. The van der Waals surface area contributed by atoms with Gasteiger partial charge in [0.05, 0.1) is 29.4 Å². The Kier molecular flexibility index (Phi) is 8.37. The van der Waals surface area contributed by atoms with Crippen LogP contribution in [0.1, 0.15) is 79.1 Å². The second-order valence-electron chi connectivity index (χ2n) is 14.6. The maximum absolute atomic E-state index is 12.9. The predicted molar refractivity (Wildman–Crippen MR) is 164 cm³/mol. The minimum absolute atomic E-state index is 0.0228. The number of fused-ring (bicyclic) bond motifs is 5. The summed E-state index contributed by atoms with van der Waals surface area (Å²) in [5, 5.41) is 26.5. The van der Waals surface area contributed by atoms with E-state index in [1.54, 1.807) is 12.1 Å². The minimum Gasteiger partial charge on any atom is -0.449 e. The Labute approximate surface area is 261 Å². The summed E-state index contributed by atoms with van der Waals surface area (Å²) in [4.78, 5) is 16.5. The number of aliphatic hydroxyl groups is 2. The van der Waals surface area contributed by atoms with E-state index >= 15 is 0 Å². The number of carbonyl (C=O) groups excluding carboxylic acids is 1. The molecule has 1 amide bonds. The molecule has 0 unspecified atom stereocenters. The van der Waals surface area contributed by atoms with Gasteiger partial charge in [-0.05, 0) is 121 Å². The molecule has 3 N–H and O–H groups in total. The number of carbonyl (C=O) groups is 1. The highest BCUT2D eigenvalue weighted by Crippen LogP contribution is 2.69. The molecule has 1 aromatic carbocycles. The van der Waals surface area contributed by atoms with E-state index in [0.717, 1.165) is 51.4 Å². The van der Waals surface area contributed by atoms with E-state index in [4.69, 9.17) is 4.74 Å². The molecule has 44 heavy (non-hydrogen) atoms. The molecule has 11 heteroatoms. The Balaban J connectivity index is 1.10. The largest absolute Gasteiger partial charge is 0.449 e. The van der Waals surface area contributed by atoms with Gasteiger partial charge in [0.25, 0.3) is 10.0 Å². The highest BCUT2D eigenvalue weighted by molar-refractivity contribution is 7.90. The van der Waals surface area contributed by atoms with Crippen LogP contribution >= 0.6 is 0 Å². The molecule has 4 fully saturated rings. The van der Waals surface area contributed by atoms with Gasteiger partial charge in [0.2, 0.25) is 0 Å². The number of nitrogens with one attached hydrogen (secondary N) is 1. The van der Waals surface area contributed by atoms with Crippen LogP contribution in [-0.2, 0) is 14.8 Å². The normalized spacial score (nSPS) is 39.0. The first-order valence-corrected chi connectivity index (χ1v) is 17.9. The predicted octanol–water partition coefficient (Wildman–Crippen LogP) is 4.95. The zero-order valence-electron chi connectivity index (χ0n) is 26.3. The van der Waals surface area contributed by atoms with Crippen LogP contribution in [0.3, 0.4) is 0 Å². The highest BCUT2D eigenvalue weighted by atomic mass is 32.2. The highest BCUT2D eigenvalue weighted by Gasteiger charge is 2.64. The molecule has 0 bridgehead atoms. The summed E-state index contributed by atoms with van der Waals surface area (Å²) in [6.07, 6.45) is 9.14. The van der Waals surface area contributed by atoms with Crippen molar-refractivity contribution in [3.05, 3.63) is 36.9 Å². The standard InChI is InChI=1S/C33H48N4O6S/c1-5-24-28-16-22(38)12-14-33(28,4)27-13-15-32(3)25(10-11-26(32)29(27)30(24)39)20(2)17-43-31(40)36-44(41,42)23-8-6-21(7-9-23)37-19-34-18-35-37/h6-9,18-20,22,24-30,38-39H,5,10-17H2,1-4H3,(H,36,40)/t20-,22-,24-,25-,26+,27+,28+,29+,30-,32-,33-/m1/s1. The van der Waals surface area contributed by atoms with E-state index in [2.05, 4.69) is 42.5 Å². The first-order chi connectivity index (χ1) is 20.9. The molecule has 4 aliphatic rings. The van der Waals surface area contributed by atoms with Crippen molar-refractivity contribution in [2.45, 2.75) is 96.2 Å². The topological polar surface area (TPSA) is 144 Å². The van der Waals surface area contributed by atoms with Crippen LogP contribution in [0.4, 0.5) is 4.79 Å². The molecule has 0 radical (unpaired) electrons. The van der Waals surface area contributed by atoms with Gasteiger partial charge in [-0.3, -0.25) is 0 Å². The van der Waals surface area contributed by atoms with Crippen molar-refractivity contribution in [1.82, 2.24) is 19.5 Å². The molecule has 0 aliphatic heterocycles. The number of aromatic nitrogens is 3. The first-order valence-electron chi connectivity index (χ1n) is 16.4. The summed E-state index contributed by atoms with van der Waals surface area (Å²) < 4.78 is 34.8. The van der Waals surface area contributed by atoms with Gasteiger partial charge in [0.1, 0.15) is 12.7 Å². The quantitative estimate of drug-likeness (QED) is 0.391. The monoisotopic (exact) mass is 628 g/mol. The van der Waals surface area contributed by atoms with Crippen LogP contribution in [-0.4, -0.2) is 58.3 Å². The molecule has 2 aromatic rings. The molecule has 4 aliphatic carbocycles. The molecule has 1 aromatic heterocycles. The van der Waals surface area contributed by atoms with Gasteiger partial charge in [0.15, 0.2) is 0 Å². The second kappa shape index (κ2) is 11.7. The van der Waals surface area contributed by atoms with Gasteiger partial charge in [-0.25, -0.2) is 27.6 Å². The summed E-state index contributed by atoms with van der Waals surface area (Å²) in [6.45, 7) is 9.24. The van der Waals surface area contributed by atoms with Gasteiger partial charge >= 0.3 is 6.09 Å². The first kappa shape index (κ1) is 31.5.